The molecule has 0 radical (unpaired) electrons. The molecule has 110 valence electrons. The van der Waals surface area contributed by atoms with Crippen molar-refractivity contribution in [3.8, 4) is 0 Å². The molecule has 0 saturated heterocycles. The minimum absolute atomic E-state index is 0.672. The average molecular weight is 304 g/mol. The van der Waals surface area contributed by atoms with Crippen molar-refractivity contribution >= 4 is 11.6 Å². The molecule has 3 heteroatoms. The summed E-state index contributed by atoms with van der Waals surface area (Å²) in [5.41, 5.74) is 2.27. The maximum atomic E-state index is 13.9. The molecule has 0 unspecified atom stereocenters. The van der Waals surface area contributed by atoms with Crippen molar-refractivity contribution in [1.29, 1.82) is 0 Å². The number of hydrogen-bond acceptors (Lipinski definition) is 1. The van der Waals surface area contributed by atoms with E-state index in [0.29, 0.717) is 12.8 Å². The molecular formula is C18H19ClFN. The number of halogens is 2. The van der Waals surface area contributed by atoms with Crippen LogP contribution < -0.4 is 5.32 Å². The van der Waals surface area contributed by atoms with E-state index in [2.05, 4.69) is 17.4 Å². The Labute approximate surface area is 130 Å². The largest absolute Gasteiger partial charge is 0.312 e. The Bertz CT molecular complexity index is 588. The van der Waals surface area contributed by atoms with Crippen molar-refractivity contribution in [2.45, 2.75) is 31.5 Å². The highest BCUT2D eigenvalue weighted by Crippen LogP contribution is 2.49. The molecule has 1 nitrogen and oxygen atoms in total. The SMILES string of the molecule is FC1(c2ccc(CNCCc3ccc(Cl)cc3)cc2)CC1. The molecule has 0 aliphatic heterocycles. The van der Waals surface area contributed by atoms with Crippen LogP contribution in [0, 0.1) is 0 Å². The fraction of sp³-hybridized carbons (Fsp3) is 0.333. The van der Waals surface area contributed by atoms with Gasteiger partial charge in [0.15, 0.2) is 0 Å². The van der Waals surface area contributed by atoms with Crippen LogP contribution in [-0.2, 0) is 18.6 Å². The van der Waals surface area contributed by atoms with E-state index < -0.39 is 5.67 Å². The van der Waals surface area contributed by atoms with Crippen LogP contribution in [0.1, 0.15) is 29.5 Å². The van der Waals surface area contributed by atoms with Gasteiger partial charge in [0, 0.05) is 11.6 Å². The lowest BCUT2D eigenvalue weighted by atomic mass is 10.1. The smallest absolute Gasteiger partial charge is 0.136 e. The number of benzene rings is 2. The van der Waals surface area contributed by atoms with Crippen LogP contribution in [0.5, 0.6) is 0 Å². The third-order valence-corrected chi connectivity index (χ3v) is 4.25. The van der Waals surface area contributed by atoms with Crippen LogP contribution in [-0.4, -0.2) is 6.54 Å². The third kappa shape index (κ3) is 3.84. The number of hydrogen-bond donors (Lipinski definition) is 1. The van der Waals surface area contributed by atoms with E-state index in [-0.39, 0.29) is 0 Å². The summed E-state index contributed by atoms with van der Waals surface area (Å²) in [6.07, 6.45) is 2.32. The van der Waals surface area contributed by atoms with Gasteiger partial charge in [0.1, 0.15) is 5.67 Å². The molecule has 2 aromatic rings. The monoisotopic (exact) mass is 303 g/mol. The molecule has 0 spiro atoms. The lowest BCUT2D eigenvalue weighted by Crippen LogP contribution is -2.16. The second-order valence-electron chi connectivity index (χ2n) is 5.72. The first-order valence-electron chi connectivity index (χ1n) is 7.39. The number of nitrogens with one attached hydrogen (secondary N) is 1. The van der Waals surface area contributed by atoms with Crippen molar-refractivity contribution in [3.63, 3.8) is 0 Å². The van der Waals surface area contributed by atoms with Gasteiger partial charge in [0.25, 0.3) is 0 Å². The highest BCUT2D eigenvalue weighted by Gasteiger charge is 2.44. The van der Waals surface area contributed by atoms with E-state index in [1.807, 2.05) is 36.4 Å². The first kappa shape index (κ1) is 14.6. The number of rotatable bonds is 6. The highest BCUT2D eigenvalue weighted by molar-refractivity contribution is 6.30. The summed E-state index contributed by atoms with van der Waals surface area (Å²) in [6, 6.07) is 15.8. The molecule has 1 aliphatic carbocycles. The molecular weight excluding hydrogens is 285 g/mol. The van der Waals surface area contributed by atoms with Crippen LogP contribution in [0.2, 0.25) is 5.02 Å². The summed E-state index contributed by atoms with van der Waals surface area (Å²) < 4.78 is 13.9. The summed E-state index contributed by atoms with van der Waals surface area (Å²) in [7, 11) is 0. The van der Waals surface area contributed by atoms with Crippen molar-refractivity contribution in [1.82, 2.24) is 5.32 Å². The van der Waals surface area contributed by atoms with Gasteiger partial charge in [-0.15, -0.1) is 0 Å². The zero-order valence-electron chi connectivity index (χ0n) is 11.9. The molecule has 0 aromatic heterocycles. The van der Waals surface area contributed by atoms with E-state index in [0.717, 1.165) is 30.1 Å². The van der Waals surface area contributed by atoms with Crippen LogP contribution in [0.3, 0.4) is 0 Å². The van der Waals surface area contributed by atoms with Gasteiger partial charge in [-0.05, 0) is 54.6 Å². The second-order valence-corrected chi connectivity index (χ2v) is 6.15. The van der Waals surface area contributed by atoms with Crippen LogP contribution >= 0.6 is 11.6 Å². The Kier molecular flexibility index (Phi) is 4.27. The van der Waals surface area contributed by atoms with Crippen molar-refractivity contribution < 1.29 is 4.39 Å². The average Bonchev–Trinajstić information content (AvgIpc) is 3.25. The van der Waals surface area contributed by atoms with Gasteiger partial charge in [0.2, 0.25) is 0 Å². The Morgan fingerprint density at radius 2 is 1.57 bits per heavy atom. The first-order valence-corrected chi connectivity index (χ1v) is 7.77. The van der Waals surface area contributed by atoms with Gasteiger partial charge < -0.3 is 5.32 Å². The van der Waals surface area contributed by atoms with Gasteiger partial charge in [-0.2, -0.15) is 0 Å². The zero-order chi connectivity index (χ0) is 14.7. The summed E-state index contributed by atoms with van der Waals surface area (Å²) >= 11 is 5.86. The van der Waals surface area contributed by atoms with E-state index in [9.17, 15) is 4.39 Å². The van der Waals surface area contributed by atoms with E-state index in [1.54, 1.807) is 0 Å². The first-order chi connectivity index (χ1) is 10.2. The van der Waals surface area contributed by atoms with Crippen LogP contribution in [0.4, 0.5) is 4.39 Å². The van der Waals surface area contributed by atoms with Crippen molar-refractivity contribution in [2.24, 2.45) is 0 Å². The van der Waals surface area contributed by atoms with Gasteiger partial charge in [-0.1, -0.05) is 48.0 Å². The predicted octanol–water partition coefficient (Wildman–Crippen LogP) is 4.63. The minimum atomic E-state index is -1.03. The summed E-state index contributed by atoms with van der Waals surface area (Å²) in [5, 5.41) is 4.18. The minimum Gasteiger partial charge on any atom is -0.312 e. The standard InChI is InChI=1S/C18H19ClFN/c19-17-7-3-14(4-8-17)9-12-21-13-15-1-5-16(6-2-15)18(20)10-11-18/h1-8,21H,9-13H2. The Hall–Kier alpha value is -1.38. The Morgan fingerprint density at radius 1 is 0.952 bits per heavy atom. The van der Waals surface area contributed by atoms with Gasteiger partial charge in [-0.25, -0.2) is 4.39 Å². The predicted molar refractivity (Wildman–Crippen MR) is 85.3 cm³/mol. The van der Waals surface area contributed by atoms with Gasteiger partial charge in [-0.3, -0.25) is 0 Å². The molecule has 1 aliphatic rings. The molecule has 3 rings (SSSR count). The van der Waals surface area contributed by atoms with E-state index >= 15 is 0 Å². The Balaban J connectivity index is 1.44. The lowest BCUT2D eigenvalue weighted by Gasteiger charge is -2.08. The van der Waals surface area contributed by atoms with Gasteiger partial charge in [0.05, 0.1) is 0 Å². The summed E-state index contributed by atoms with van der Waals surface area (Å²) in [6.45, 7) is 1.73. The molecule has 0 bridgehead atoms. The number of alkyl halides is 1. The third-order valence-electron chi connectivity index (χ3n) is 3.99. The molecule has 1 saturated carbocycles. The molecule has 1 fully saturated rings. The maximum absolute atomic E-state index is 13.9. The van der Waals surface area contributed by atoms with Crippen molar-refractivity contribution in [2.75, 3.05) is 6.54 Å². The maximum Gasteiger partial charge on any atom is 0.136 e. The lowest BCUT2D eigenvalue weighted by molar-refractivity contribution is 0.317. The molecule has 2 aromatic carbocycles. The fourth-order valence-corrected chi connectivity index (χ4v) is 2.56. The van der Waals surface area contributed by atoms with E-state index in [1.165, 1.54) is 11.1 Å². The van der Waals surface area contributed by atoms with Crippen LogP contribution in [0.25, 0.3) is 0 Å². The van der Waals surface area contributed by atoms with Crippen LogP contribution in [0.15, 0.2) is 48.5 Å². The topological polar surface area (TPSA) is 12.0 Å². The molecule has 21 heavy (non-hydrogen) atoms. The summed E-state index contributed by atoms with van der Waals surface area (Å²) in [5.74, 6) is 0. The Morgan fingerprint density at radius 3 is 2.19 bits per heavy atom. The quantitative estimate of drug-likeness (QED) is 0.767. The zero-order valence-corrected chi connectivity index (χ0v) is 12.7. The van der Waals surface area contributed by atoms with Gasteiger partial charge >= 0.3 is 0 Å². The highest BCUT2D eigenvalue weighted by atomic mass is 35.5. The second kappa shape index (κ2) is 6.17. The molecule has 1 N–H and O–H groups in total. The van der Waals surface area contributed by atoms with Crippen molar-refractivity contribution in [3.05, 3.63) is 70.2 Å². The fourth-order valence-electron chi connectivity index (χ4n) is 2.44. The van der Waals surface area contributed by atoms with E-state index in [4.69, 9.17) is 11.6 Å². The normalized spacial score (nSPS) is 15.9. The molecule has 0 atom stereocenters. The molecule has 0 amide bonds. The molecule has 0 heterocycles. The summed E-state index contributed by atoms with van der Waals surface area (Å²) in [4.78, 5) is 0.